The molecule has 3 aliphatic rings. The van der Waals surface area contributed by atoms with Crippen molar-refractivity contribution in [3.8, 4) is 0 Å². The minimum atomic E-state index is -0.349. The van der Waals surface area contributed by atoms with Gasteiger partial charge in [0.2, 0.25) is 0 Å². The maximum atomic E-state index is 9.48. The van der Waals surface area contributed by atoms with Gasteiger partial charge in [0.05, 0.1) is 20.8 Å². The van der Waals surface area contributed by atoms with Crippen LogP contribution in [0.5, 0.6) is 0 Å². The summed E-state index contributed by atoms with van der Waals surface area (Å²) >= 11 is 0. The van der Waals surface area contributed by atoms with Gasteiger partial charge in [0.25, 0.3) is 0 Å². The Labute approximate surface area is 105 Å². The first-order chi connectivity index (χ1) is 7.82. The van der Waals surface area contributed by atoms with Crippen molar-refractivity contribution < 1.29 is 10.2 Å². The molecule has 0 aromatic heterocycles. The van der Waals surface area contributed by atoms with Crippen LogP contribution in [0.2, 0.25) is 11.0 Å². The molecular weight excluding hydrogens is 188 g/mol. The summed E-state index contributed by atoms with van der Waals surface area (Å²) in [6, 6.07) is 0. The predicted octanol–water partition coefficient (Wildman–Crippen LogP) is -4.28. The fourth-order valence-corrected chi connectivity index (χ4v) is 2.40. The molecule has 3 fully saturated rings. The van der Waals surface area contributed by atoms with Gasteiger partial charge in [0, 0.05) is 62.6 Å². The van der Waals surface area contributed by atoms with E-state index in [4.69, 9.17) is 0 Å². The van der Waals surface area contributed by atoms with Gasteiger partial charge in [0.1, 0.15) is 0 Å². The van der Waals surface area contributed by atoms with Gasteiger partial charge in [0.15, 0.2) is 0 Å². The Morgan fingerprint density at radius 2 is 1.69 bits per heavy atom. The third kappa shape index (κ3) is 2.53. The van der Waals surface area contributed by atoms with Crippen molar-refractivity contribution in [3.63, 3.8) is 0 Å². The molecule has 2 bridgehead atoms. The summed E-state index contributed by atoms with van der Waals surface area (Å²) in [5, 5.41) is 18.5. The van der Waals surface area contributed by atoms with Gasteiger partial charge in [-0.2, -0.15) is 0 Å². The van der Waals surface area contributed by atoms with Crippen LogP contribution in [0.15, 0.2) is 0 Å². The molecule has 0 aliphatic carbocycles. The zero-order chi connectivity index (χ0) is 11.4. The van der Waals surface area contributed by atoms with Crippen molar-refractivity contribution in [2.24, 2.45) is 0 Å². The van der Waals surface area contributed by atoms with E-state index in [1.165, 1.54) is 0 Å². The Kier molecular flexibility index (Phi) is 4.84. The molecule has 3 rings (SSSR count). The van der Waals surface area contributed by atoms with Crippen molar-refractivity contribution in [2.45, 2.75) is 11.0 Å². The van der Waals surface area contributed by atoms with E-state index in [0.717, 1.165) is 0 Å². The number of rotatable bonds is 2. The van der Waals surface area contributed by atoms with Gasteiger partial charge in [-0.1, -0.05) is 11.0 Å². The Balaban J connectivity index is 1.99. The van der Waals surface area contributed by atoms with E-state index >= 15 is 0 Å². The lowest BCUT2D eigenvalue weighted by molar-refractivity contribution is 0.222. The standard InChI is InChI=1S/C4H7B10O2/c15-1-3-4(2-16)5-7-8-9-10-11-12-13-14(3)6-4/h3,15-16H,1-2H2/t3-,4+/m1/s1. The molecule has 0 saturated carbocycles. The summed E-state index contributed by atoms with van der Waals surface area (Å²) < 4.78 is 0. The van der Waals surface area contributed by atoms with Crippen LogP contribution < -0.4 is 0 Å². The zero-order valence-electron chi connectivity index (χ0n) is 9.16. The first kappa shape index (κ1) is 13.0. The maximum Gasteiger partial charge on any atom is 0.0643 e. The first-order valence-corrected chi connectivity index (χ1v) is 5.59. The number of aliphatic hydroxyl groups is 2. The molecule has 2 N–H and O–H groups in total. The molecule has 12 heteroatoms. The van der Waals surface area contributed by atoms with Crippen LogP contribution in [0.3, 0.4) is 0 Å². The Hall–Kier alpha value is 0.569. The fraction of sp³-hybridized carbons (Fsp3) is 1.00. The Bertz CT molecular complexity index is 225. The van der Waals surface area contributed by atoms with E-state index in [1.54, 1.807) is 0 Å². The SMILES string of the molecule is OC[C@H]1B2[B][B][B][B][B][B][B][B][C@@]1(CO)[B]2. The molecule has 0 unspecified atom stereocenters. The second-order valence-electron chi connectivity index (χ2n) is 4.32. The molecule has 3 saturated heterocycles. The normalized spacial score (nSPS) is 31.9. The van der Waals surface area contributed by atoms with Crippen molar-refractivity contribution in [2.75, 3.05) is 13.2 Å². The van der Waals surface area contributed by atoms with E-state index in [0.29, 0.717) is 0 Å². The molecule has 0 aromatic carbocycles. The lowest BCUT2D eigenvalue weighted by Crippen LogP contribution is -2.65. The molecule has 3 heterocycles. The van der Waals surface area contributed by atoms with E-state index in [-0.39, 0.29) is 30.7 Å². The summed E-state index contributed by atoms with van der Waals surface area (Å²) in [6.07, 6.45) is 0. The summed E-state index contributed by atoms with van der Waals surface area (Å²) in [5.74, 6) is 0.0879. The highest BCUT2D eigenvalue weighted by molar-refractivity contribution is 7.73. The van der Waals surface area contributed by atoms with E-state index < -0.39 is 0 Å². The Morgan fingerprint density at radius 1 is 1.00 bits per heavy atom. The van der Waals surface area contributed by atoms with Crippen LogP contribution in [0.25, 0.3) is 0 Å². The molecule has 16 heavy (non-hydrogen) atoms. The van der Waals surface area contributed by atoms with Gasteiger partial charge >= 0.3 is 0 Å². The third-order valence-electron chi connectivity index (χ3n) is 3.42. The Morgan fingerprint density at radius 3 is 2.38 bits per heavy atom. The van der Waals surface area contributed by atoms with Crippen molar-refractivity contribution >= 4 is 70.3 Å². The minimum absolute atomic E-state index is 0.0559. The topological polar surface area (TPSA) is 40.5 Å². The van der Waals surface area contributed by atoms with Crippen LogP contribution in [-0.4, -0.2) is 93.7 Å². The van der Waals surface area contributed by atoms with Gasteiger partial charge in [-0.05, 0) is 0 Å². The molecule has 0 aromatic rings. The zero-order valence-corrected chi connectivity index (χ0v) is 9.16. The van der Waals surface area contributed by atoms with Crippen LogP contribution in [-0.2, 0) is 0 Å². The average Bonchev–Trinajstić information content (AvgIpc) is 2.34. The number of aliphatic hydroxyl groups excluding tert-OH is 2. The lowest BCUT2D eigenvalue weighted by Gasteiger charge is -2.54. The van der Waals surface area contributed by atoms with Crippen LogP contribution >= 0.6 is 0 Å². The predicted molar refractivity (Wildman–Crippen MR) is 78.2 cm³/mol. The van der Waals surface area contributed by atoms with Crippen molar-refractivity contribution in [1.29, 1.82) is 0 Å². The largest absolute Gasteiger partial charge is 0.397 e. The molecule has 0 spiro atoms. The van der Waals surface area contributed by atoms with Crippen LogP contribution in [0, 0.1) is 0 Å². The quantitative estimate of drug-likeness (QED) is 0.438. The summed E-state index contributed by atoms with van der Waals surface area (Å²) in [4.78, 5) is 0. The fourth-order valence-electron chi connectivity index (χ4n) is 2.40. The first-order valence-electron chi connectivity index (χ1n) is 5.59. The van der Waals surface area contributed by atoms with Crippen LogP contribution in [0.1, 0.15) is 0 Å². The number of hydrogen-bond donors (Lipinski definition) is 2. The molecule has 2 atom stereocenters. The van der Waals surface area contributed by atoms with Crippen molar-refractivity contribution in [3.05, 3.63) is 0 Å². The maximum absolute atomic E-state index is 9.48. The average molecular weight is 195 g/mol. The smallest absolute Gasteiger partial charge is 0.0643 e. The third-order valence-corrected chi connectivity index (χ3v) is 3.42. The van der Waals surface area contributed by atoms with Gasteiger partial charge < -0.3 is 10.2 Å². The van der Waals surface area contributed by atoms with Crippen molar-refractivity contribution in [1.82, 2.24) is 0 Å². The lowest BCUT2D eigenvalue weighted by atomic mass is 8.76. The van der Waals surface area contributed by atoms with Crippen LogP contribution in [0.4, 0.5) is 0 Å². The van der Waals surface area contributed by atoms with E-state index in [1.807, 2.05) is 49.5 Å². The molecule has 2 nitrogen and oxygen atoms in total. The van der Waals surface area contributed by atoms with Gasteiger partial charge in [-0.3, -0.25) is 0 Å². The van der Waals surface area contributed by atoms with E-state index in [9.17, 15) is 10.2 Å². The highest BCUT2D eigenvalue weighted by atomic mass is 16.3. The van der Waals surface area contributed by atoms with Gasteiger partial charge in [-0.15, -0.1) is 0 Å². The molecule has 3 aliphatic heterocycles. The number of hydrogen-bond acceptors (Lipinski definition) is 2. The molecule has 9 radical (unpaired) electrons. The highest BCUT2D eigenvalue weighted by Crippen LogP contribution is 2.48. The monoisotopic (exact) mass is 197 g/mol. The van der Waals surface area contributed by atoms with E-state index in [2.05, 4.69) is 14.2 Å². The number of fused-ring (bicyclic) bond motifs is 7. The minimum Gasteiger partial charge on any atom is -0.397 e. The second-order valence-corrected chi connectivity index (χ2v) is 4.32. The highest BCUT2D eigenvalue weighted by Gasteiger charge is 2.52. The summed E-state index contributed by atoms with van der Waals surface area (Å²) in [7, 11) is 17.9. The molecule has 65 valence electrons. The van der Waals surface area contributed by atoms with Gasteiger partial charge in [-0.25, -0.2) is 0 Å². The molecule has 0 amide bonds. The summed E-state index contributed by atoms with van der Waals surface area (Å²) in [5.41, 5.74) is 0. The second kappa shape index (κ2) is 5.95. The summed E-state index contributed by atoms with van der Waals surface area (Å²) in [6.45, 7) is 0.411. The molecular formula is C4H7B10O2.